The van der Waals surface area contributed by atoms with Crippen molar-refractivity contribution in [3.63, 3.8) is 0 Å². The zero-order valence-corrected chi connectivity index (χ0v) is 31.5. The van der Waals surface area contributed by atoms with Gasteiger partial charge in [0.2, 0.25) is 0 Å². The lowest BCUT2D eigenvalue weighted by molar-refractivity contribution is 0.0135. The summed E-state index contributed by atoms with van der Waals surface area (Å²) in [5, 5.41) is 4.74. The van der Waals surface area contributed by atoms with Gasteiger partial charge in [-0.3, -0.25) is 19.0 Å². The first-order valence-electron chi connectivity index (χ1n) is 17.7. The molecule has 1 aromatic heterocycles. The van der Waals surface area contributed by atoms with E-state index in [1.807, 2.05) is 26.0 Å². The van der Waals surface area contributed by atoms with E-state index in [0.717, 1.165) is 49.4 Å². The molecule has 13 heteroatoms. The Morgan fingerprint density at radius 1 is 1.29 bits per heavy atom. The van der Waals surface area contributed by atoms with Crippen LogP contribution in [0.2, 0.25) is 5.02 Å². The minimum atomic E-state index is -3.54. The number of nitrogens with zero attached hydrogens (tertiary/aromatic N) is 4. The minimum absolute atomic E-state index is 0.000305. The molecule has 1 fully saturated rings. The average Bonchev–Trinajstić information content (AvgIpc) is 3.36. The normalized spacial score (nSPS) is 23.4. The third-order valence-electron chi connectivity index (χ3n) is 10.9. The van der Waals surface area contributed by atoms with Crippen molar-refractivity contribution in [2.24, 2.45) is 29.2 Å². The summed E-state index contributed by atoms with van der Waals surface area (Å²) < 4.78 is 34.9. The van der Waals surface area contributed by atoms with E-state index in [9.17, 15) is 13.8 Å². The Bertz CT molecular complexity index is 1940. The number of rotatable bonds is 11. The minimum Gasteiger partial charge on any atom is -0.490 e. The maximum absolute atomic E-state index is 14.3. The van der Waals surface area contributed by atoms with Crippen molar-refractivity contribution in [3.8, 4) is 5.75 Å². The highest BCUT2D eigenvalue weighted by atomic mass is 35.5. The summed E-state index contributed by atoms with van der Waals surface area (Å²) in [5.74, 6) is -0.118. The number of amides is 2. The molecular formula is C38H49ClN6O5S. The number of nitrogens with one attached hydrogen (secondary N) is 1. The molecule has 3 N–H and O–H groups in total. The molecule has 1 saturated carbocycles. The van der Waals surface area contributed by atoms with Crippen LogP contribution < -0.4 is 20.1 Å². The maximum Gasteiger partial charge on any atom is 0.286 e. The molecule has 0 saturated heterocycles. The lowest BCUT2D eigenvalue weighted by atomic mass is 9.68. The summed E-state index contributed by atoms with van der Waals surface area (Å²) in [4.78, 5) is 29.5. The standard InChI is InChI=1S/C38H49ClN6O5S/c1-6-24(3)21-51(48,43-37(47)30-20-44(4)41-35(30)40)42-36(46)26-11-15-34-32(18-26)45(19-27-10-13-29(27)33(7-2)49-5)22-38(23-50-34)16-8-9-25-17-28(39)12-14-31(25)38/h7,11-12,14-15,17-18,20,24,27,29,33H,2,6,8-10,13,16,19,21-23H2,1,3-5H3,(H2,40,41)(H,42,43,46,47,48)/t24-,27-,29+,33-,38-,51-/m0/s1. The van der Waals surface area contributed by atoms with Crippen molar-refractivity contribution >= 4 is 44.8 Å². The number of nitrogens with two attached hydrogens (primary N) is 1. The largest absolute Gasteiger partial charge is 0.490 e. The smallest absolute Gasteiger partial charge is 0.286 e. The Balaban J connectivity index is 1.37. The zero-order valence-electron chi connectivity index (χ0n) is 29.9. The Labute approximate surface area is 306 Å². The Morgan fingerprint density at radius 2 is 2.10 bits per heavy atom. The maximum atomic E-state index is 14.3. The number of aromatic nitrogens is 2. The summed E-state index contributed by atoms with van der Waals surface area (Å²) in [6, 6.07) is 11.4. The Kier molecular flexibility index (Phi) is 10.9. The second-order valence-electron chi connectivity index (χ2n) is 14.5. The number of anilines is 2. The van der Waals surface area contributed by atoms with Crippen molar-refractivity contribution in [2.45, 2.75) is 63.9 Å². The third kappa shape index (κ3) is 7.68. The number of hydrogen-bond donors (Lipinski definition) is 2. The van der Waals surface area contributed by atoms with Crippen molar-refractivity contribution in [3.05, 3.63) is 82.5 Å². The molecule has 11 nitrogen and oxygen atoms in total. The van der Waals surface area contributed by atoms with Crippen LogP contribution in [0.5, 0.6) is 5.75 Å². The van der Waals surface area contributed by atoms with Crippen molar-refractivity contribution < 1.29 is 23.3 Å². The van der Waals surface area contributed by atoms with E-state index >= 15 is 0 Å². The zero-order chi connectivity index (χ0) is 36.5. The fourth-order valence-corrected chi connectivity index (χ4v) is 10.1. The molecule has 6 rings (SSSR count). The molecule has 0 unspecified atom stereocenters. The van der Waals surface area contributed by atoms with Crippen LogP contribution in [0.15, 0.2) is 59.6 Å². The van der Waals surface area contributed by atoms with Crippen LogP contribution in [0, 0.1) is 17.8 Å². The van der Waals surface area contributed by atoms with Gasteiger partial charge in [0.05, 0.1) is 24.2 Å². The van der Waals surface area contributed by atoms with Crippen LogP contribution >= 0.6 is 11.6 Å². The monoisotopic (exact) mass is 736 g/mol. The van der Waals surface area contributed by atoms with E-state index in [-0.39, 0.29) is 40.1 Å². The van der Waals surface area contributed by atoms with Gasteiger partial charge in [0.1, 0.15) is 21.2 Å². The van der Waals surface area contributed by atoms with Crippen LogP contribution in [0.3, 0.4) is 0 Å². The number of benzene rings is 2. The molecule has 3 aromatic rings. The first-order valence-corrected chi connectivity index (χ1v) is 19.8. The van der Waals surface area contributed by atoms with Crippen LogP contribution in [-0.2, 0) is 33.5 Å². The van der Waals surface area contributed by atoms with Gasteiger partial charge in [0, 0.05) is 49.4 Å². The van der Waals surface area contributed by atoms with Gasteiger partial charge in [-0.2, -0.15) is 5.10 Å². The molecule has 3 aliphatic rings. The quantitative estimate of drug-likeness (QED) is 0.217. The van der Waals surface area contributed by atoms with Gasteiger partial charge in [-0.15, -0.1) is 10.9 Å². The fourth-order valence-electron chi connectivity index (χ4n) is 7.90. The predicted octanol–water partition coefficient (Wildman–Crippen LogP) is 6.36. The van der Waals surface area contributed by atoms with E-state index in [2.05, 4.69) is 37.8 Å². The Morgan fingerprint density at radius 3 is 2.76 bits per heavy atom. The first kappa shape index (κ1) is 36.9. The second-order valence-corrected chi connectivity index (χ2v) is 16.9. The van der Waals surface area contributed by atoms with Crippen molar-refractivity contribution in [1.82, 2.24) is 14.5 Å². The van der Waals surface area contributed by atoms with Crippen LogP contribution in [0.1, 0.15) is 77.8 Å². The summed E-state index contributed by atoms with van der Waals surface area (Å²) >= 11 is 6.45. The van der Waals surface area contributed by atoms with Crippen molar-refractivity contribution in [2.75, 3.05) is 43.2 Å². The third-order valence-corrected chi connectivity index (χ3v) is 13.2. The number of carbonyl (C=O) groups excluding carboxylic acids is 2. The molecule has 274 valence electrons. The molecule has 51 heavy (non-hydrogen) atoms. The number of carbonyl (C=O) groups is 2. The molecule has 1 spiro atoms. The van der Waals surface area contributed by atoms with E-state index in [0.29, 0.717) is 37.2 Å². The van der Waals surface area contributed by atoms with E-state index in [1.54, 1.807) is 32.4 Å². The van der Waals surface area contributed by atoms with Crippen molar-refractivity contribution in [1.29, 1.82) is 0 Å². The van der Waals surface area contributed by atoms with E-state index < -0.39 is 21.7 Å². The van der Waals surface area contributed by atoms with Crippen LogP contribution in [0.25, 0.3) is 0 Å². The first-order chi connectivity index (χ1) is 24.4. The number of ether oxygens (including phenoxy) is 2. The Hall–Kier alpha value is -3.87. The number of halogens is 1. The average molecular weight is 737 g/mol. The van der Waals surface area contributed by atoms with Gasteiger partial charge in [-0.1, -0.05) is 44.0 Å². The molecule has 2 amide bonds. The molecular weight excluding hydrogens is 688 g/mol. The molecule has 2 aliphatic carbocycles. The van der Waals surface area contributed by atoms with Gasteiger partial charge in [0.15, 0.2) is 5.82 Å². The highest BCUT2D eigenvalue weighted by Gasteiger charge is 2.44. The predicted molar refractivity (Wildman–Crippen MR) is 202 cm³/mol. The molecule has 2 aromatic carbocycles. The lowest BCUT2D eigenvalue weighted by Crippen LogP contribution is -2.49. The van der Waals surface area contributed by atoms with Crippen LogP contribution in [-0.4, -0.2) is 64.5 Å². The molecule has 6 atom stereocenters. The lowest BCUT2D eigenvalue weighted by Gasteiger charge is -2.46. The van der Waals surface area contributed by atoms with Gasteiger partial charge in [-0.05, 0) is 91.3 Å². The highest BCUT2D eigenvalue weighted by molar-refractivity contribution is 7.92. The summed E-state index contributed by atoms with van der Waals surface area (Å²) in [5.41, 5.74) is 9.25. The van der Waals surface area contributed by atoms with Gasteiger partial charge < -0.3 is 20.1 Å². The number of fused-ring (bicyclic) bond motifs is 3. The number of hydrogen-bond acceptors (Lipinski definition) is 8. The summed E-state index contributed by atoms with van der Waals surface area (Å²) in [6.07, 6.45) is 9.01. The van der Waals surface area contributed by atoms with Gasteiger partial charge in [-0.25, -0.2) is 4.21 Å². The fraction of sp³-hybridized carbons (Fsp3) is 0.500. The topological polar surface area (TPSA) is 141 Å². The second kappa shape index (κ2) is 15.0. The number of methoxy groups -OCH3 is 1. The molecule has 1 aliphatic heterocycles. The summed E-state index contributed by atoms with van der Waals surface area (Å²) in [6.45, 7) is 9.78. The highest BCUT2D eigenvalue weighted by Crippen LogP contribution is 2.47. The number of nitrogen functional groups attached to an aromatic ring is 1. The number of aryl methyl sites for hydroxylation is 2. The molecule has 2 heterocycles. The summed E-state index contributed by atoms with van der Waals surface area (Å²) in [7, 11) is -0.176. The van der Waals surface area contributed by atoms with Gasteiger partial charge in [0.25, 0.3) is 11.8 Å². The SMILES string of the molecule is C=C[C@H](OC)[C@@H]1CC[C@H]1CN1C[C@@]2(CCCc3cc(Cl)ccc32)COc2ccc(C(=O)N=[S@@](=O)(C[C@@H](C)CC)NC(=O)c3cn(C)nc3N)cc21. The molecule has 0 radical (unpaired) electrons. The molecule has 0 bridgehead atoms. The van der Waals surface area contributed by atoms with Crippen LogP contribution in [0.4, 0.5) is 11.5 Å². The van der Waals surface area contributed by atoms with E-state index in [1.165, 1.54) is 22.0 Å². The van der Waals surface area contributed by atoms with Gasteiger partial charge >= 0.3 is 0 Å². The van der Waals surface area contributed by atoms with E-state index in [4.69, 9.17) is 26.8 Å².